The predicted octanol–water partition coefficient (Wildman–Crippen LogP) is 4.70. The van der Waals surface area contributed by atoms with Crippen LogP contribution in [0, 0.1) is 0 Å². The minimum Gasteiger partial charge on any atom is -0.493 e. The first-order valence-electron chi connectivity index (χ1n) is 4.90. The quantitative estimate of drug-likeness (QED) is 0.735. The van der Waals surface area contributed by atoms with Crippen molar-refractivity contribution in [2.75, 3.05) is 14.2 Å². The van der Waals surface area contributed by atoms with Crippen LogP contribution in [0.2, 0.25) is 0 Å². The van der Waals surface area contributed by atoms with Gasteiger partial charge in [-0.05, 0) is 17.7 Å². The molecule has 1 unspecified atom stereocenters. The van der Waals surface area contributed by atoms with Crippen LogP contribution in [0.4, 0.5) is 13.2 Å². The second-order valence-corrected chi connectivity index (χ2v) is 4.90. The Morgan fingerprint density at radius 2 is 1.72 bits per heavy atom. The molecule has 0 bridgehead atoms. The highest BCUT2D eigenvalue weighted by molar-refractivity contribution is 9.10. The first-order valence-corrected chi connectivity index (χ1v) is 6.13. The zero-order chi connectivity index (χ0) is 13.9. The molecule has 0 aliphatic rings. The first-order chi connectivity index (χ1) is 8.28. The molecule has 0 radical (unpaired) electrons. The lowest BCUT2D eigenvalue weighted by atomic mass is 10.1. The number of rotatable bonds is 4. The van der Waals surface area contributed by atoms with Crippen molar-refractivity contribution >= 4 is 27.5 Å². The molecule has 0 aromatic heterocycles. The maximum absolute atomic E-state index is 12.3. The number of ether oxygens (including phenoxy) is 2. The second kappa shape index (κ2) is 6.02. The largest absolute Gasteiger partial charge is 0.493 e. The van der Waals surface area contributed by atoms with Crippen molar-refractivity contribution in [3.05, 3.63) is 22.2 Å². The smallest absolute Gasteiger partial charge is 0.390 e. The minimum absolute atomic E-state index is 0.312. The number of alkyl halides is 4. The number of halogens is 5. The maximum Gasteiger partial charge on any atom is 0.390 e. The topological polar surface area (TPSA) is 18.5 Å². The van der Waals surface area contributed by atoms with Crippen LogP contribution in [0.5, 0.6) is 11.5 Å². The summed E-state index contributed by atoms with van der Waals surface area (Å²) in [5.41, 5.74) is 0.312. The molecule has 7 heteroatoms. The SMILES string of the molecule is COc1cc(Br)c(C(Cl)CC(F)(F)F)cc1OC. The lowest BCUT2D eigenvalue weighted by molar-refractivity contribution is -0.134. The average molecular weight is 348 g/mol. The summed E-state index contributed by atoms with van der Waals surface area (Å²) in [5, 5.41) is -1.18. The van der Waals surface area contributed by atoms with Gasteiger partial charge in [-0.15, -0.1) is 11.6 Å². The van der Waals surface area contributed by atoms with Gasteiger partial charge in [0.2, 0.25) is 0 Å². The van der Waals surface area contributed by atoms with Gasteiger partial charge in [0.05, 0.1) is 26.0 Å². The van der Waals surface area contributed by atoms with Crippen LogP contribution in [0.3, 0.4) is 0 Å². The van der Waals surface area contributed by atoms with Gasteiger partial charge in [0.15, 0.2) is 11.5 Å². The molecule has 1 aromatic carbocycles. The van der Waals surface area contributed by atoms with E-state index in [4.69, 9.17) is 21.1 Å². The molecule has 0 saturated heterocycles. The second-order valence-electron chi connectivity index (χ2n) is 3.52. The molecule has 1 atom stereocenters. The van der Waals surface area contributed by atoms with Crippen molar-refractivity contribution in [3.8, 4) is 11.5 Å². The van der Waals surface area contributed by atoms with Crippen LogP contribution >= 0.6 is 27.5 Å². The number of benzene rings is 1. The Balaban J connectivity index is 3.09. The van der Waals surface area contributed by atoms with Crippen LogP contribution in [-0.2, 0) is 0 Å². The molecular weight excluding hydrogens is 336 g/mol. The fourth-order valence-corrected chi connectivity index (χ4v) is 2.51. The zero-order valence-corrected chi connectivity index (χ0v) is 12.0. The highest BCUT2D eigenvalue weighted by Gasteiger charge is 2.32. The van der Waals surface area contributed by atoms with Gasteiger partial charge in [0, 0.05) is 4.47 Å². The van der Waals surface area contributed by atoms with Gasteiger partial charge in [-0.25, -0.2) is 0 Å². The lowest BCUT2D eigenvalue weighted by Gasteiger charge is -2.16. The van der Waals surface area contributed by atoms with Gasteiger partial charge in [0.1, 0.15) is 0 Å². The Bertz CT molecular complexity index is 423. The van der Waals surface area contributed by atoms with E-state index in [9.17, 15) is 13.2 Å². The zero-order valence-electron chi connectivity index (χ0n) is 9.65. The van der Waals surface area contributed by atoms with E-state index in [2.05, 4.69) is 15.9 Å². The molecule has 2 nitrogen and oxygen atoms in total. The van der Waals surface area contributed by atoms with Gasteiger partial charge in [-0.1, -0.05) is 15.9 Å². The summed E-state index contributed by atoms with van der Waals surface area (Å²) in [6.07, 6.45) is -5.43. The van der Waals surface area contributed by atoms with Crippen LogP contribution in [0.1, 0.15) is 17.4 Å². The highest BCUT2D eigenvalue weighted by atomic mass is 79.9. The molecule has 0 spiro atoms. The third kappa shape index (κ3) is 3.95. The summed E-state index contributed by atoms with van der Waals surface area (Å²) in [6.45, 7) is 0. The van der Waals surface area contributed by atoms with Gasteiger partial charge in [0.25, 0.3) is 0 Å². The normalized spacial score (nSPS) is 13.3. The fraction of sp³-hybridized carbons (Fsp3) is 0.455. The van der Waals surface area contributed by atoms with Crippen LogP contribution in [0.15, 0.2) is 16.6 Å². The molecule has 1 aromatic rings. The van der Waals surface area contributed by atoms with E-state index in [1.54, 1.807) is 0 Å². The average Bonchev–Trinajstić information content (AvgIpc) is 2.26. The Morgan fingerprint density at radius 1 is 1.22 bits per heavy atom. The Hall–Kier alpha value is -0.620. The van der Waals surface area contributed by atoms with Gasteiger partial charge >= 0.3 is 6.18 Å². The summed E-state index contributed by atoms with van der Waals surface area (Å²) in [5.74, 6) is 0.757. The third-order valence-electron chi connectivity index (χ3n) is 2.25. The Labute approximate surface area is 116 Å². The van der Waals surface area contributed by atoms with E-state index >= 15 is 0 Å². The molecule has 0 amide bonds. The molecule has 102 valence electrons. The molecule has 0 aliphatic carbocycles. The van der Waals surface area contributed by atoms with Crippen molar-refractivity contribution in [1.29, 1.82) is 0 Å². The van der Waals surface area contributed by atoms with Crippen molar-refractivity contribution in [3.63, 3.8) is 0 Å². The molecule has 0 N–H and O–H groups in total. The monoisotopic (exact) mass is 346 g/mol. The van der Waals surface area contributed by atoms with Crippen LogP contribution in [-0.4, -0.2) is 20.4 Å². The number of hydrogen-bond donors (Lipinski definition) is 0. The molecule has 0 fully saturated rings. The lowest BCUT2D eigenvalue weighted by Crippen LogP contribution is -2.11. The summed E-state index contributed by atoms with van der Waals surface area (Å²) in [6, 6.07) is 2.96. The number of hydrogen-bond acceptors (Lipinski definition) is 2. The molecule has 0 aliphatic heterocycles. The number of methoxy groups -OCH3 is 2. The van der Waals surface area contributed by atoms with Crippen molar-refractivity contribution in [2.45, 2.75) is 18.0 Å². The molecular formula is C11H11BrClF3O2. The maximum atomic E-state index is 12.3. The highest BCUT2D eigenvalue weighted by Crippen LogP contribution is 2.41. The predicted molar refractivity (Wildman–Crippen MR) is 66.5 cm³/mol. The van der Waals surface area contributed by atoms with Gasteiger partial charge < -0.3 is 9.47 Å². The van der Waals surface area contributed by atoms with Crippen molar-refractivity contribution in [2.24, 2.45) is 0 Å². The van der Waals surface area contributed by atoms with Gasteiger partial charge in [-0.3, -0.25) is 0 Å². The van der Waals surface area contributed by atoms with E-state index < -0.39 is 18.0 Å². The Morgan fingerprint density at radius 3 is 2.17 bits per heavy atom. The molecule has 1 rings (SSSR count). The summed E-state index contributed by atoms with van der Waals surface area (Å²) in [4.78, 5) is 0. The summed E-state index contributed by atoms with van der Waals surface area (Å²) in [7, 11) is 2.85. The van der Waals surface area contributed by atoms with Crippen LogP contribution < -0.4 is 9.47 Å². The standard InChI is InChI=1S/C11H11BrClF3O2/c1-17-9-3-6(7(12)4-10(9)18-2)8(13)5-11(14,15)16/h3-4,8H,5H2,1-2H3. The van der Waals surface area contributed by atoms with Crippen LogP contribution in [0.25, 0.3) is 0 Å². The van der Waals surface area contributed by atoms with Gasteiger partial charge in [-0.2, -0.15) is 13.2 Å². The fourth-order valence-electron chi connectivity index (χ4n) is 1.42. The molecule has 0 saturated carbocycles. The summed E-state index contributed by atoms with van der Waals surface area (Å²) >= 11 is 8.95. The summed E-state index contributed by atoms with van der Waals surface area (Å²) < 4.78 is 47.4. The van der Waals surface area contributed by atoms with Crippen molar-refractivity contribution < 1.29 is 22.6 Å². The van der Waals surface area contributed by atoms with Crippen molar-refractivity contribution in [1.82, 2.24) is 0 Å². The first kappa shape index (κ1) is 15.4. The van der Waals surface area contributed by atoms with E-state index in [1.165, 1.54) is 26.4 Å². The van der Waals surface area contributed by atoms with E-state index in [0.29, 0.717) is 21.5 Å². The van der Waals surface area contributed by atoms with E-state index in [0.717, 1.165) is 0 Å². The minimum atomic E-state index is -4.32. The Kier molecular flexibility index (Phi) is 5.16. The van der Waals surface area contributed by atoms with E-state index in [-0.39, 0.29) is 0 Å². The molecule has 0 heterocycles. The third-order valence-corrected chi connectivity index (χ3v) is 3.33. The molecule has 18 heavy (non-hydrogen) atoms. The van der Waals surface area contributed by atoms with E-state index in [1.807, 2.05) is 0 Å².